The van der Waals surface area contributed by atoms with Crippen molar-refractivity contribution >= 4 is 18.1 Å². The second-order valence-corrected chi connectivity index (χ2v) is 6.33. The smallest absolute Gasteiger partial charge is 0.405 e. The maximum Gasteiger partial charge on any atom is 0.405 e. The SMILES string of the molecule is CCOC(=O)C(C/C=C/c1ccccc1)(C/C=C/c1ccccc1)C(F)(F)F. The van der Waals surface area contributed by atoms with Gasteiger partial charge in [-0.15, -0.1) is 0 Å². The molecule has 0 aliphatic rings. The molecule has 0 fully saturated rings. The summed E-state index contributed by atoms with van der Waals surface area (Å²) in [5.41, 5.74) is -1.09. The van der Waals surface area contributed by atoms with E-state index in [-0.39, 0.29) is 6.61 Å². The minimum atomic E-state index is -4.75. The van der Waals surface area contributed by atoms with Crippen molar-refractivity contribution in [2.45, 2.75) is 25.9 Å². The van der Waals surface area contributed by atoms with Gasteiger partial charge >= 0.3 is 12.1 Å². The van der Waals surface area contributed by atoms with Crippen LogP contribution in [0.2, 0.25) is 0 Å². The molecule has 0 bridgehead atoms. The molecule has 28 heavy (non-hydrogen) atoms. The van der Waals surface area contributed by atoms with Gasteiger partial charge in [-0.05, 0) is 30.9 Å². The van der Waals surface area contributed by atoms with Gasteiger partial charge in [0.25, 0.3) is 0 Å². The molecule has 2 aromatic carbocycles. The highest BCUT2D eigenvalue weighted by molar-refractivity contribution is 5.79. The molecule has 0 saturated carbocycles. The summed E-state index contributed by atoms with van der Waals surface area (Å²) < 4.78 is 46.9. The lowest BCUT2D eigenvalue weighted by Gasteiger charge is -2.31. The van der Waals surface area contributed by atoms with E-state index in [1.165, 1.54) is 19.1 Å². The first kappa shape index (κ1) is 21.5. The number of allylic oxidation sites excluding steroid dienone is 2. The number of hydrogen-bond donors (Lipinski definition) is 0. The van der Waals surface area contributed by atoms with Gasteiger partial charge in [0.2, 0.25) is 0 Å². The zero-order valence-electron chi connectivity index (χ0n) is 15.7. The summed E-state index contributed by atoms with van der Waals surface area (Å²) in [6.07, 6.45) is 0.196. The molecule has 0 heterocycles. The number of esters is 1. The van der Waals surface area contributed by atoms with E-state index >= 15 is 0 Å². The van der Waals surface area contributed by atoms with E-state index in [0.717, 1.165) is 11.1 Å². The summed E-state index contributed by atoms with van der Waals surface area (Å²) in [5.74, 6) is -1.25. The Morgan fingerprint density at radius 3 is 1.64 bits per heavy atom. The molecular formula is C23H23F3O2. The van der Waals surface area contributed by atoms with Crippen molar-refractivity contribution in [3.8, 4) is 0 Å². The van der Waals surface area contributed by atoms with Gasteiger partial charge in [0.1, 0.15) is 0 Å². The van der Waals surface area contributed by atoms with Gasteiger partial charge in [0, 0.05) is 0 Å². The summed E-state index contributed by atoms with van der Waals surface area (Å²) in [6, 6.07) is 18.0. The van der Waals surface area contributed by atoms with E-state index in [2.05, 4.69) is 0 Å². The van der Waals surface area contributed by atoms with E-state index in [0.29, 0.717) is 0 Å². The molecule has 0 atom stereocenters. The van der Waals surface area contributed by atoms with Crippen molar-refractivity contribution < 1.29 is 22.7 Å². The van der Waals surface area contributed by atoms with E-state index in [9.17, 15) is 18.0 Å². The standard InChI is InChI=1S/C23H23F3O2/c1-2-28-21(27)22(23(24,25)26,17-9-15-19-11-5-3-6-12-19)18-10-16-20-13-7-4-8-14-20/h3-16H,2,17-18H2,1H3/b15-9+,16-10+. The van der Waals surface area contributed by atoms with E-state index in [1.54, 1.807) is 60.7 Å². The third kappa shape index (κ3) is 5.59. The summed E-state index contributed by atoms with van der Waals surface area (Å²) >= 11 is 0. The molecule has 2 aromatic rings. The Balaban J connectivity index is 2.30. The Kier molecular flexibility index (Phi) is 7.61. The lowest BCUT2D eigenvalue weighted by Crippen LogP contribution is -2.45. The number of alkyl halides is 3. The van der Waals surface area contributed by atoms with Crippen LogP contribution in [-0.4, -0.2) is 18.8 Å². The van der Waals surface area contributed by atoms with Gasteiger partial charge in [-0.1, -0.05) is 85.0 Å². The fraction of sp³-hybridized carbons (Fsp3) is 0.261. The van der Waals surface area contributed by atoms with E-state index in [4.69, 9.17) is 4.74 Å². The first-order valence-electron chi connectivity index (χ1n) is 9.06. The molecule has 2 nitrogen and oxygen atoms in total. The number of ether oxygens (including phenoxy) is 1. The Labute approximate surface area is 163 Å². The van der Waals surface area contributed by atoms with Crippen LogP contribution in [0.4, 0.5) is 13.2 Å². The average Bonchev–Trinajstić information content (AvgIpc) is 2.67. The van der Waals surface area contributed by atoms with Crippen molar-refractivity contribution in [3.63, 3.8) is 0 Å². The molecule has 0 unspecified atom stereocenters. The highest BCUT2D eigenvalue weighted by Gasteiger charge is 2.59. The van der Waals surface area contributed by atoms with Crippen LogP contribution >= 0.6 is 0 Å². The van der Waals surface area contributed by atoms with Gasteiger partial charge in [0.15, 0.2) is 5.41 Å². The number of benzene rings is 2. The number of halogens is 3. The molecule has 148 valence electrons. The monoisotopic (exact) mass is 388 g/mol. The topological polar surface area (TPSA) is 26.3 Å². The quantitative estimate of drug-likeness (QED) is 0.496. The second kappa shape index (κ2) is 9.93. The summed E-state index contributed by atoms with van der Waals surface area (Å²) in [5, 5.41) is 0. The Morgan fingerprint density at radius 1 is 0.857 bits per heavy atom. The van der Waals surface area contributed by atoms with Crippen LogP contribution in [0.5, 0.6) is 0 Å². The lowest BCUT2D eigenvalue weighted by molar-refractivity contribution is -0.233. The minimum absolute atomic E-state index is 0.110. The molecule has 0 radical (unpaired) electrons. The van der Waals surface area contributed by atoms with Gasteiger partial charge in [0.05, 0.1) is 6.61 Å². The summed E-state index contributed by atoms with van der Waals surface area (Å²) in [7, 11) is 0. The van der Waals surface area contributed by atoms with Gasteiger partial charge in [-0.25, -0.2) is 0 Å². The fourth-order valence-electron chi connectivity index (χ4n) is 2.79. The fourth-order valence-corrected chi connectivity index (χ4v) is 2.79. The van der Waals surface area contributed by atoms with Crippen LogP contribution in [0, 0.1) is 5.41 Å². The summed E-state index contributed by atoms with van der Waals surface area (Å²) in [4.78, 5) is 12.4. The Hall–Kier alpha value is -2.82. The first-order chi connectivity index (χ1) is 13.4. The third-order valence-corrected chi connectivity index (χ3v) is 4.36. The molecule has 5 heteroatoms. The molecule has 0 amide bonds. The summed E-state index contributed by atoms with van der Waals surface area (Å²) in [6.45, 7) is 1.39. The predicted molar refractivity (Wildman–Crippen MR) is 105 cm³/mol. The van der Waals surface area contributed by atoms with Crippen LogP contribution in [0.3, 0.4) is 0 Å². The average molecular weight is 388 g/mol. The van der Waals surface area contributed by atoms with Crippen LogP contribution in [0.1, 0.15) is 30.9 Å². The molecule has 0 saturated heterocycles. The maximum atomic E-state index is 14.0. The van der Waals surface area contributed by atoms with Crippen LogP contribution in [-0.2, 0) is 9.53 Å². The molecule has 0 aromatic heterocycles. The lowest BCUT2D eigenvalue weighted by atomic mass is 9.79. The van der Waals surface area contributed by atoms with Crippen molar-refractivity contribution in [1.29, 1.82) is 0 Å². The Morgan fingerprint density at radius 2 is 1.29 bits per heavy atom. The largest absolute Gasteiger partial charge is 0.465 e. The third-order valence-electron chi connectivity index (χ3n) is 4.36. The van der Waals surface area contributed by atoms with Gasteiger partial charge in [-0.2, -0.15) is 13.2 Å². The van der Waals surface area contributed by atoms with Crippen LogP contribution < -0.4 is 0 Å². The number of hydrogen-bond acceptors (Lipinski definition) is 2. The van der Waals surface area contributed by atoms with E-state index in [1.807, 2.05) is 12.1 Å². The molecule has 0 N–H and O–H groups in total. The zero-order chi connectivity index (χ0) is 20.5. The minimum Gasteiger partial charge on any atom is -0.465 e. The molecule has 0 spiro atoms. The number of carbonyl (C=O) groups is 1. The molecule has 0 aliphatic carbocycles. The van der Waals surface area contributed by atoms with Gasteiger partial charge < -0.3 is 4.74 Å². The Bertz CT molecular complexity index is 742. The van der Waals surface area contributed by atoms with E-state index < -0.39 is 30.4 Å². The first-order valence-corrected chi connectivity index (χ1v) is 9.06. The maximum absolute atomic E-state index is 14.0. The predicted octanol–water partition coefficient (Wildman–Crippen LogP) is 6.31. The van der Waals surface area contributed by atoms with Crippen molar-refractivity contribution in [2.75, 3.05) is 6.61 Å². The van der Waals surface area contributed by atoms with Crippen LogP contribution in [0.25, 0.3) is 12.2 Å². The number of carbonyl (C=O) groups excluding carboxylic acids is 1. The van der Waals surface area contributed by atoms with Crippen molar-refractivity contribution in [1.82, 2.24) is 0 Å². The van der Waals surface area contributed by atoms with Crippen molar-refractivity contribution in [2.24, 2.45) is 5.41 Å². The highest BCUT2D eigenvalue weighted by Crippen LogP contribution is 2.46. The highest BCUT2D eigenvalue weighted by atomic mass is 19.4. The second-order valence-electron chi connectivity index (χ2n) is 6.33. The van der Waals surface area contributed by atoms with Gasteiger partial charge in [-0.3, -0.25) is 4.79 Å². The zero-order valence-corrected chi connectivity index (χ0v) is 15.7. The number of rotatable bonds is 8. The molecular weight excluding hydrogens is 365 g/mol. The van der Waals surface area contributed by atoms with Crippen LogP contribution in [0.15, 0.2) is 72.8 Å². The molecule has 2 rings (SSSR count). The normalized spacial score (nSPS) is 12.6. The molecule has 0 aliphatic heterocycles. The van der Waals surface area contributed by atoms with Crippen molar-refractivity contribution in [3.05, 3.63) is 83.9 Å².